The highest BCUT2D eigenvalue weighted by Gasteiger charge is 2.34. The van der Waals surface area contributed by atoms with Gasteiger partial charge in [-0.2, -0.15) is 0 Å². The molecule has 0 saturated carbocycles. The van der Waals surface area contributed by atoms with Crippen LogP contribution in [0.4, 0.5) is 5.69 Å². The Hall–Kier alpha value is -2.12. The summed E-state index contributed by atoms with van der Waals surface area (Å²) in [4.78, 5) is 24.7. The number of hydrogen-bond acceptors (Lipinski definition) is 3. The average Bonchev–Trinajstić information content (AvgIpc) is 2.84. The molecule has 2 aromatic carbocycles. The molecule has 0 atom stereocenters. The largest absolute Gasteiger partial charge is 0.496 e. The second kappa shape index (κ2) is 6.78. The van der Waals surface area contributed by atoms with Crippen LogP contribution in [0, 0.1) is 0 Å². The monoisotopic (exact) mass is 450 g/mol. The lowest BCUT2D eigenvalue weighted by atomic mass is 10.1. The molecule has 122 valence electrons. The van der Waals surface area contributed by atoms with Gasteiger partial charge in [0.2, 0.25) is 0 Å². The fraction of sp³-hybridized carbons (Fsp3) is 0.0588. The highest BCUT2D eigenvalue weighted by atomic mass is 79.9. The van der Waals surface area contributed by atoms with E-state index in [1.54, 1.807) is 55.7 Å². The fourth-order valence-electron chi connectivity index (χ4n) is 2.27. The van der Waals surface area contributed by atoms with E-state index in [0.29, 0.717) is 11.4 Å². The highest BCUT2D eigenvalue weighted by molar-refractivity contribution is 9.10. The summed E-state index contributed by atoms with van der Waals surface area (Å²) in [6.07, 6.45) is 1.56. The normalized spacial score (nSPS) is 15.8. The minimum absolute atomic E-state index is 0.0787. The van der Waals surface area contributed by atoms with Crippen molar-refractivity contribution in [2.75, 3.05) is 12.1 Å². The lowest BCUT2D eigenvalue weighted by Gasteiger charge is -2.14. The number of methoxy groups -OCH3 is 1. The third-order valence-corrected chi connectivity index (χ3v) is 4.61. The first-order valence-corrected chi connectivity index (χ1v) is 8.54. The first-order valence-electron chi connectivity index (χ1n) is 6.96. The predicted molar refractivity (Wildman–Crippen MR) is 98.4 cm³/mol. The fourth-order valence-corrected chi connectivity index (χ4v) is 3.09. The molecule has 1 heterocycles. The molecule has 1 aliphatic heterocycles. The number of ether oxygens (including phenoxy) is 1. The van der Waals surface area contributed by atoms with Gasteiger partial charge in [0.15, 0.2) is 0 Å². The number of amides is 2. The third-order valence-electron chi connectivity index (χ3n) is 3.46. The van der Waals surface area contributed by atoms with Gasteiger partial charge in [0.1, 0.15) is 11.3 Å². The summed E-state index contributed by atoms with van der Waals surface area (Å²) in [5, 5.41) is 1.24. The number of carbonyl (C=O) groups excluding carboxylic acids is 2. The molecule has 3 rings (SSSR count). The van der Waals surface area contributed by atoms with Gasteiger partial charge >= 0.3 is 0 Å². The van der Waals surface area contributed by atoms with Gasteiger partial charge in [-0.3, -0.25) is 15.0 Å². The van der Waals surface area contributed by atoms with Crippen LogP contribution in [-0.4, -0.2) is 18.9 Å². The number of halogens is 2. The Bertz CT molecular complexity index is 847. The second-order valence-corrected chi connectivity index (χ2v) is 6.78. The maximum atomic E-state index is 12.5. The zero-order valence-corrected chi connectivity index (χ0v) is 15.7. The second-order valence-electron chi connectivity index (χ2n) is 5.01. The van der Waals surface area contributed by atoms with Gasteiger partial charge in [-0.05, 0) is 64.0 Å². The van der Waals surface area contributed by atoms with Crippen LogP contribution >= 0.6 is 31.9 Å². The van der Waals surface area contributed by atoms with Crippen LogP contribution in [0.25, 0.3) is 6.08 Å². The van der Waals surface area contributed by atoms with Gasteiger partial charge in [0, 0.05) is 4.47 Å². The summed E-state index contributed by atoms with van der Waals surface area (Å²) in [6, 6.07) is 12.4. The number of benzene rings is 2. The Morgan fingerprint density at radius 2 is 1.79 bits per heavy atom. The van der Waals surface area contributed by atoms with Crippen molar-refractivity contribution in [1.29, 1.82) is 0 Å². The number of anilines is 1. The highest BCUT2D eigenvalue weighted by Crippen LogP contribution is 2.28. The van der Waals surface area contributed by atoms with Gasteiger partial charge in [0.25, 0.3) is 11.8 Å². The average molecular weight is 452 g/mol. The smallest absolute Gasteiger partial charge is 0.282 e. The molecule has 1 fully saturated rings. The Kier molecular flexibility index (Phi) is 4.73. The van der Waals surface area contributed by atoms with E-state index in [2.05, 4.69) is 37.3 Å². The zero-order chi connectivity index (χ0) is 17.3. The van der Waals surface area contributed by atoms with E-state index in [9.17, 15) is 9.59 Å². The van der Waals surface area contributed by atoms with E-state index >= 15 is 0 Å². The van der Waals surface area contributed by atoms with Crippen molar-refractivity contribution in [1.82, 2.24) is 5.43 Å². The molecule has 2 amide bonds. The SMILES string of the molecule is COc1ccc(C=C2C(=O)NN(c3ccc(Br)cc3)C2=O)cc1Br. The maximum absolute atomic E-state index is 12.5. The molecule has 0 unspecified atom stereocenters. The molecule has 0 aromatic heterocycles. The van der Waals surface area contributed by atoms with Crippen molar-refractivity contribution in [2.24, 2.45) is 0 Å². The first kappa shape index (κ1) is 16.7. The van der Waals surface area contributed by atoms with Crippen molar-refractivity contribution < 1.29 is 14.3 Å². The molecule has 1 N–H and O–H groups in total. The van der Waals surface area contributed by atoms with Crippen LogP contribution in [-0.2, 0) is 9.59 Å². The van der Waals surface area contributed by atoms with E-state index < -0.39 is 11.8 Å². The quantitative estimate of drug-likeness (QED) is 0.572. The molecular weight excluding hydrogens is 440 g/mol. The molecule has 1 saturated heterocycles. The topological polar surface area (TPSA) is 58.6 Å². The molecule has 5 nitrogen and oxygen atoms in total. The van der Waals surface area contributed by atoms with Crippen LogP contribution in [0.5, 0.6) is 5.75 Å². The Morgan fingerprint density at radius 3 is 2.42 bits per heavy atom. The molecular formula is C17H12Br2N2O3. The van der Waals surface area contributed by atoms with Gasteiger partial charge in [-0.1, -0.05) is 22.0 Å². The minimum Gasteiger partial charge on any atom is -0.496 e. The van der Waals surface area contributed by atoms with Crippen LogP contribution in [0.2, 0.25) is 0 Å². The summed E-state index contributed by atoms with van der Waals surface area (Å²) in [6.45, 7) is 0. The number of rotatable bonds is 3. The molecule has 0 bridgehead atoms. The van der Waals surface area contributed by atoms with Crippen molar-refractivity contribution in [3.63, 3.8) is 0 Å². The van der Waals surface area contributed by atoms with Gasteiger partial charge in [0.05, 0.1) is 17.3 Å². The summed E-state index contributed by atoms with van der Waals surface area (Å²) >= 11 is 6.73. The van der Waals surface area contributed by atoms with Crippen molar-refractivity contribution in [3.05, 3.63) is 62.5 Å². The number of nitrogens with one attached hydrogen (secondary N) is 1. The Labute approximate surface area is 155 Å². The van der Waals surface area contributed by atoms with E-state index in [-0.39, 0.29) is 5.57 Å². The maximum Gasteiger partial charge on any atom is 0.282 e. The molecule has 0 aliphatic carbocycles. The first-order chi connectivity index (χ1) is 11.5. The predicted octanol–water partition coefficient (Wildman–Crippen LogP) is 3.68. The van der Waals surface area contributed by atoms with Crippen molar-refractivity contribution in [3.8, 4) is 5.75 Å². The molecule has 2 aromatic rings. The molecule has 0 radical (unpaired) electrons. The third kappa shape index (κ3) is 3.22. The number of hydrazine groups is 1. The van der Waals surface area contributed by atoms with E-state index in [4.69, 9.17) is 4.74 Å². The summed E-state index contributed by atoms with van der Waals surface area (Å²) in [5.41, 5.74) is 3.96. The number of hydrogen-bond donors (Lipinski definition) is 1. The van der Waals surface area contributed by atoms with Crippen molar-refractivity contribution >= 4 is 55.4 Å². The Balaban J connectivity index is 1.91. The number of carbonyl (C=O) groups is 2. The lowest BCUT2D eigenvalue weighted by molar-refractivity contribution is -0.117. The summed E-state index contributed by atoms with van der Waals surface area (Å²) < 4.78 is 6.81. The molecule has 0 spiro atoms. The van der Waals surface area contributed by atoms with Crippen molar-refractivity contribution in [2.45, 2.75) is 0 Å². The van der Waals surface area contributed by atoms with E-state index in [0.717, 1.165) is 14.5 Å². The molecule has 1 aliphatic rings. The zero-order valence-electron chi connectivity index (χ0n) is 12.5. The van der Waals surface area contributed by atoms with Crippen LogP contribution in [0.1, 0.15) is 5.56 Å². The standard InChI is InChI=1S/C17H12Br2N2O3/c1-24-15-7-2-10(9-14(15)19)8-13-16(22)20-21(17(13)23)12-5-3-11(18)4-6-12/h2-9H,1H3,(H,20,22). The summed E-state index contributed by atoms with van der Waals surface area (Å²) in [7, 11) is 1.57. The minimum atomic E-state index is -0.435. The van der Waals surface area contributed by atoms with Crippen LogP contribution < -0.4 is 15.2 Å². The number of nitrogens with zero attached hydrogens (tertiary/aromatic N) is 1. The molecule has 7 heteroatoms. The molecule has 24 heavy (non-hydrogen) atoms. The Morgan fingerprint density at radius 1 is 1.08 bits per heavy atom. The van der Waals surface area contributed by atoms with E-state index in [1.807, 2.05) is 0 Å². The lowest BCUT2D eigenvalue weighted by Crippen LogP contribution is -2.35. The van der Waals surface area contributed by atoms with Crippen LogP contribution in [0.15, 0.2) is 57.0 Å². The van der Waals surface area contributed by atoms with Crippen LogP contribution in [0.3, 0.4) is 0 Å². The van der Waals surface area contributed by atoms with Gasteiger partial charge < -0.3 is 4.74 Å². The van der Waals surface area contributed by atoms with E-state index in [1.165, 1.54) is 5.01 Å². The van der Waals surface area contributed by atoms with Gasteiger partial charge in [-0.15, -0.1) is 0 Å². The van der Waals surface area contributed by atoms with Gasteiger partial charge in [-0.25, -0.2) is 5.01 Å². The summed E-state index contributed by atoms with van der Waals surface area (Å²) in [5.74, 6) is -0.153.